The molecule has 2 nitrogen and oxygen atoms in total. The molecule has 0 saturated carbocycles. The molecule has 3 heteroatoms. The van der Waals surface area contributed by atoms with Gasteiger partial charge in [0, 0.05) is 6.92 Å². The lowest BCUT2D eigenvalue weighted by atomic mass is 10.5. The van der Waals surface area contributed by atoms with Gasteiger partial charge in [0.15, 0.2) is 5.05 Å². The Morgan fingerprint density at radius 3 is 2.00 bits per heavy atom. The lowest BCUT2D eigenvalue weighted by molar-refractivity contribution is 0.310. The highest BCUT2D eigenvalue weighted by atomic mass is 32.1. The topological polar surface area (TPSA) is 21.3 Å². The zero-order chi connectivity index (χ0) is 8.41. The van der Waals surface area contributed by atoms with Gasteiger partial charge < -0.3 is 10.1 Å². The summed E-state index contributed by atoms with van der Waals surface area (Å²) < 4.78 is 4.92. The van der Waals surface area contributed by atoms with Crippen LogP contribution in [0.3, 0.4) is 0 Å². The Kier molecular flexibility index (Phi) is 14.6. The van der Waals surface area contributed by atoms with E-state index in [1.54, 1.807) is 6.92 Å². The molecule has 0 heterocycles. The first kappa shape index (κ1) is 12.5. The first-order valence-electron chi connectivity index (χ1n) is 3.40. The molecule has 0 aromatic rings. The Labute approximate surface area is 69.0 Å². The van der Waals surface area contributed by atoms with Crippen molar-refractivity contribution >= 4 is 17.3 Å². The van der Waals surface area contributed by atoms with Crippen LogP contribution in [-0.2, 0) is 4.74 Å². The zero-order valence-electron chi connectivity index (χ0n) is 7.23. The maximum absolute atomic E-state index is 4.92. The molecular weight excluding hydrogens is 146 g/mol. The van der Waals surface area contributed by atoms with Gasteiger partial charge in [0.1, 0.15) is 0 Å². The summed E-state index contributed by atoms with van der Waals surface area (Å²) in [6.45, 7) is 4.60. The van der Waals surface area contributed by atoms with Crippen molar-refractivity contribution in [3.8, 4) is 0 Å². The number of hydrogen-bond donors (Lipinski definition) is 1. The summed E-state index contributed by atoms with van der Waals surface area (Å²) in [6.07, 6.45) is 1.04. The van der Waals surface area contributed by atoms with Crippen LogP contribution >= 0.6 is 12.2 Å². The minimum atomic E-state index is 0.641. The number of thiocarbonyl (C=S) groups is 1. The Balaban J connectivity index is 0. The van der Waals surface area contributed by atoms with Crippen LogP contribution in [0.1, 0.15) is 20.3 Å². The van der Waals surface area contributed by atoms with Crippen LogP contribution in [0.4, 0.5) is 0 Å². The second-order valence-corrected chi connectivity index (χ2v) is 2.41. The van der Waals surface area contributed by atoms with E-state index in [2.05, 4.69) is 24.5 Å². The van der Waals surface area contributed by atoms with E-state index in [0.29, 0.717) is 5.05 Å². The predicted molar refractivity (Wildman–Crippen MR) is 49.5 cm³/mol. The van der Waals surface area contributed by atoms with Crippen molar-refractivity contribution < 1.29 is 4.74 Å². The van der Waals surface area contributed by atoms with E-state index in [-0.39, 0.29) is 0 Å². The largest absolute Gasteiger partial charge is 0.487 e. The average Bonchev–Trinajstić information content (AvgIpc) is 1.85. The molecular formula is C7H17NOS. The normalized spacial score (nSPS) is 7.60. The molecule has 1 N–H and O–H groups in total. The molecule has 10 heavy (non-hydrogen) atoms. The van der Waals surface area contributed by atoms with Gasteiger partial charge in [-0.1, -0.05) is 6.92 Å². The van der Waals surface area contributed by atoms with Crippen LogP contribution in [0.2, 0.25) is 0 Å². The fourth-order valence-corrected chi connectivity index (χ4v) is 0.329. The van der Waals surface area contributed by atoms with Gasteiger partial charge in [0.25, 0.3) is 0 Å². The third kappa shape index (κ3) is 24.9. The molecule has 0 atom stereocenters. The first-order valence-corrected chi connectivity index (χ1v) is 3.81. The zero-order valence-corrected chi connectivity index (χ0v) is 8.05. The van der Waals surface area contributed by atoms with Crippen LogP contribution in [0.25, 0.3) is 0 Å². The molecule has 0 unspecified atom stereocenters. The third-order valence-electron chi connectivity index (χ3n) is 0.509. The maximum Gasteiger partial charge on any atom is 0.156 e. The van der Waals surface area contributed by atoms with E-state index in [1.165, 1.54) is 0 Å². The third-order valence-corrected chi connectivity index (χ3v) is 0.627. The van der Waals surface area contributed by atoms with Crippen molar-refractivity contribution in [1.29, 1.82) is 0 Å². The summed E-state index contributed by atoms with van der Waals surface area (Å²) >= 11 is 4.64. The van der Waals surface area contributed by atoms with Crippen LogP contribution in [0.15, 0.2) is 0 Å². The summed E-state index contributed by atoms with van der Waals surface area (Å²) in [5, 5.41) is 3.39. The molecule has 0 amide bonds. The summed E-state index contributed by atoms with van der Waals surface area (Å²) in [4.78, 5) is 0. The molecule has 0 saturated heterocycles. The molecule has 0 bridgehead atoms. The van der Waals surface area contributed by atoms with Gasteiger partial charge in [0.2, 0.25) is 0 Å². The SMILES string of the molecule is CCCOC(C)=S.CNC. The molecule has 0 rings (SSSR count). The van der Waals surface area contributed by atoms with E-state index in [4.69, 9.17) is 4.74 Å². The first-order chi connectivity index (χ1) is 4.68. The van der Waals surface area contributed by atoms with Gasteiger partial charge >= 0.3 is 0 Å². The molecule has 0 fully saturated rings. The molecule has 62 valence electrons. The van der Waals surface area contributed by atoms with E-state index in [1.807, 2.05) is 14.1 Å². The predicted octanol–water partition coefficient (Wildman–Crippen LogP) is 1.60. The monoisotopic (exact) mass is 163 g/mol. The van der Waals surface area contributed by atoms with E-state index in [9.17, 15) is 0 Å². The quantitative estimate of drug-likeness (QED) is 0.625. The minimum absolute atomic E-state index is 0.641. The van der Waals surface area contributed by atoms with Gasteiger partial charge in [-0.05, 0) is 32.7 Å². The number of rotatable bonds is 2. The molecule has 0 aliphatic heterocycles. The van der Waals surface area contributed by atoms with Crippen molar-refractivity contribution in [2.45, 2.75) is 20.3 Å². The van der Waals surface area contributed by atoms with Gasteiger partial charge in [-0.2, -0.15) is 0 Å². The van der Waals surface area contributed by atoms with Crippen LogP contribution < -0.4 is 5.32 Å². The lowest BCUT2D eigenvalue weighted by Crippen LogP contribution is -1.95. The van der Waals surface area contributed by atoms with Crippen LogP contribution in [0, 0.1) is 0 Å². The maximum atomic E-state index is 4.92. The van der Waals surface area contributed by atoms with E-state index >= 15 is 0 Å². The second kappa shape index (κ2) is 11.6. The highest BCUT2D eigenvalue weighted by molar-refractivity contribution is 7.80. The summed E-state index contributed by atoms with van der Waals surface area (Å²) in [5.74, 6) is 0. The van der Waals surface area contributed by atoms with E-state index in [0.717, 1.165) is 13.0 Å². The smallest absolute Gasteiger partial charge is 0.156 e. The van der Waals surface area contributed by atoms with Crippen molar-refractivity contribution in [2.75, 3.05) is 20.7 Å². The second-order valence-electron chi connectivity index (χ2n) is 1.84. The van der Waals surface area contributed by atoms with Crippen LogP contribution in [0.5, 0.6) is 0 Å². The minimum Gasteiger partial charge on any atom is -0.487 e. The highest BCUT2D eigenvalue weighted by Gasteiger charge is 1.81. The van der Waals surface area contributed by atoms with Crippen molar-refractivity contribution in [2.24, 2.45) is 0 Å². The molecule has 0 radical (unpaired) electrons. The van der Waals surface area contributed by atoms with Gasteiger partial charge in [0.05, 0.1) is 6.61 Å². The van der Waals surface area contributed by atoms with Gasteiger partial charge in [-0.3, -0.25) is 0 Å². The van der Waals surface area contributed by atoms with Crippen molar-refractivity contribution in [3.05, 3.63) is 0 Å². The fraction of sp³-hybridized carbons (Fsp3) is 0.857. The van der Waals surface area contributed by atoms with Gasteiger partial charge in [-0.15, -0.1) is 0 Å². The summed E-state index contributed by atoms with van der Waals surface area (Å²) in [7, 11) is 3.75. The Bertz CT molecular complexity index is 76.0. The summed E-state index contributed by atoms with van der Waals surface area (Å²) in [5.41, 5.74) is 0. The van der Waals surface area contributed by atoms with Gasteiger partial charge in [-0.25, -0.2) is 0 Å². The van der Waals surface area contributed by atoms with Crippen molar-refractivity contribution in [3.63, 3.8) is 0 Å². The molecule has 0 aromatic heterocycles. The highest BCUT2D eigenvalue weighted by Crippen LogP contribution is 1.81. The summed E-state index contributed by atoms with van der Waals surface area (Å²) in [6, 6.07) is 0. The van der Waals surface area contributed by atoms with Crippen molar-refractivity contribution in [1.82, 2.24) is 5.32 Å². The Morgan fingerprint density at radius 2 is 1.90 bits per heavy atom. The molecule has 0 aliphatic rings. The molecule has 0 aliphatic carbocycles. The lowest BCUT2D eigenvalue weighted by Gasteiger charge is -1.97. The number of nitrogens with one attached hydrogen (secondary N) is 1. The standard InChI is InChI=1S/C5H10OS.C2H7N/c1-3-4-6-5(2)7;1-3-2/h3-4H2,1-2H3;3H,1-2H3. The Hall–Kier alpha value is -0.150. The average molecular weight is 163 g/mol. The molecule has 0 aromatic carbocycles. The number of hydrogen-bond acceptors (Lipinski definition) is 3. The Morgan fingerprint density at radius 1 is 1.50 bits per heavy atom. The number of ether oxygens (including phenoxy) is 1. The van der Waals surface area contributed by atoms with Crippen LogP contribution in [-0.4, -0.2) is 25.8 Å². The fourth-order valence-electron chi connectivity index (χ4n) is 0.246. The molecule has 0 spiro atoms. The van der Waals surface area contributed by atoms with E-state index < -0.39 is 0 Å².